The largest absolute Gasteiger partial charge is 0.441 e. The Morgan fingerprint density at radius 2 is 1.45 bits per heavy atom. The first-order chi connectivity index (χ1) is 21.7. The molecule has 44 heavy (non-hydrogen) atoms. The summed E-state index contributed by atoms with van der Waals surface area (Å²) >= 11 is 0. The van der Waals surface area contributed by atoms with Gasteiger partial charge in [0.2, 0.25) is 0 Å². The van der Waals surface area contributed by atoms with Crippen LogP contribution in [0.5, 0.6) is 0 Å². The van der Waals surface area contributed by atoms with E-state index in [2.05, 4.69) is 110 Å². The Morgan fingerprint density at radius 1 is 0.705 bits per heavy atom. The van der Waals surface area contributed by atoms with Crippen LogP contribution < -0.4 is 0 Å². The Labute approximate surface area is 257 Å². The summed E-state index contributed by atoms with van der Waals surface area (Å²) in [5, 5.41) is 11.2. The third kappa shape index (κ3) is 5.36. The van der Waals surface area contributed by atoms with Gasteiger partial charge in [-0.25, -0.2) is 4.98 Å². The molecule has 212 valence electrons. The molecule has 6 aromatic carbocycles. The van der Waals surface area contributed by atoms with Crippen LogP contribution in [0.4, 0.5) is 0 Å². The van der Waals surface area contributed by atoms with E-state index >= 15 is 0 Å². The van der Waals surface area contributed by atoms with E-state index in [1.54, 1.807) is 0 Å². The maximum Gasteiger partial charge on any atom is 0.195 e. The van der Waals surface area contributed by atoms with Crippen LogP contribution in [0.1, 0.15) is 23.9 Å². The summed E-state index contributed by atoms with van der Waals surface area (Å²) in [7, 11) is 0. The Kier molecular flexibility index (Phi) is 7.44. The fourth-order valence-corrected chi connectivity index (χ4v) is 5.90. The van der Waals surface area contributed by atoms with Gasteiger partial charge in [-0.05, 0) is 74.3 Å². The van der Waals surface area contributed by atoms with Gasteiger partial charge in [0.15, 0.2) is 11.5 Å². The van der Waals surface area contributed by atoms with Crippen molar-refractivity contribution in [3.63, 3.8) is 0 Å². The molecule has 0 saturated heterocycles. The maximum atomic E-state index is 8.81. The van der Waals surface area contributed by atoms with E-state index in [0.29, 0.717) is 5.71 Å². The molecule has 7 rings (SSSR count). The minimum atomic E-state index is 0.502. The highest BCUT2D eigenvalue weighted by molar-refractivity contribution is 6.09. The van der Waals surface area contributed by atoms with Gasteiger partial charge in [-0.2, -0.15) is 0 Å². The maximum absolute atomic E-state index is 8.81. The van der Waals surface area contributed by atoms with Crippen molar-refractivity contribution in [3.05, 3.63) is 163 Å². The van der Waals surface area contributed by atoms with Crippen LogP contribution in [-0.4, -0.2) is 10.7 Å². The number of aryl methyl sites for hydroxylation is 1. The minimum Gasteiger partial charge on any atom is -0.441 e. The average molecular weight is 569 g/mol. The molecular weight excluding hydrogens is 536 g/mol. The van der Waals surface area contributed by atoms with Crippen molar-refractivity contribution < 1.29 is 4.42 Å². The Morgan fingerprint density at radius 3 is 2.27 bits per heavy atom. The number of hydrogen-bond acceptors (Lipinski definition) is 3. The first-order valence-electron chi connectivity index (χ1n) is 15.1. The van der Waals surface area contributed by atoms with Gasteiger partial charge in [0.25, 0.3) is 0 Å². The predicted molar refractivity (Wildman–Crippen MR) is 183 cm³/mol. The number of hydrogen-bond donors (Lipinski definition) is 1. The van der Waals surface area contributed by atoms with Crippen LogP contribution in [0.15, 0.2) is 150 Å². The molecule has 1 aromatic heterocycles. The van der Waals surface area contributed by atoms with Crippen LogP contribution in [0.25, 0.3) is 55.3 Å². The van der Waals surface area contributed by atoms with Gasteiger partial charge < -0.3 is 9.83 Å². The van der Waals surface area contributed by atoms with Crippen LogP contribution in [0.2, 0.25) is 0 Å². The molecule has 0 aliphatic rings. The summed E-state index contributed by atoms with van der Waals surface area (Å²) in [6.07, 6.45) is 5.55. The van der Waals surface area contributed by atoms with Gasteiger partial charge in [-0.1, -0.05) is 134 Å². The van der Waals surface area contributed by atoms with Crippen molar-refractivity contribution in [2.24, 2.45) is 0 Å². The summed E-state index contributed by atoms with van der Waals surface area (Å²) in [6, 6.07) is 46.5. The molecule has 0 saturated carbocycles. The van der Waals surface area contributed by atoms with Crippen molar-refractivity contribution >= 4 is 27.6 Å². The molecule has 0 aliphatic heterocycles. The normalized spacial score (nSPS) is 11.5. The molecule has 3 heteroatoms. The second-order valence-electron chi connectivity index (χ2n) is 11.0. The van der Waals surface area contributed by atoms with Crippen molar-refractivity contribution in [1.82, 2.24) is 4.98 Å². The number of fused-ring (bicyclic) bond motifs is 2. The van der Waals surface area contributed by atoms with Crippen LogP contribution in [-0.2, 0) is 12.8 Å². The number of oxazole rings is 1. The van der Waals surface area contributed by atoms with Gasteiger partial charge >= 0.3 is 0 Å². The minimum absolute atomic E-state index is 0.502. The molecule has 0 bridgehead atoms. The second kappa shape index (κ2) is 12.0. The topological polar surface area (TPSA) is 49.9 Å². The summed E-state index contributed by atoms with van der Waals surface area (Å²) in [5.41, 5.74) is 11.1. The van der Waals surface area contributed by atoms with E-state index in [4.69, 9.17) is 14.8 Å². The fourth-order valence-electron chi connectivity index (χ4n) is 5.90. The lowest BCUT2D eigenvalue weighted by Crippen LogP contribution is -1.96. The fraction of sp³-hybridized carbons (Fsp3) is 0.0732. The molecule has 0 spiro atoms. The molecule has 0 aliphatic carbocycles. The zero-order chi connectivity index (χ0) is 29.9. The van der Waals surface area contributed by atoms with Crippen molar-refractivity contribution in [3.8, 4) is 33.4 Å². The number of para-hydroxylation sites is 1. The molecule has 1 N–H and O–H groups in total. The molecule has 3 nitrogen and oxygen atoms in total. The van der Waals surface area contributed by atoms with E-state index in [9.17, 15) is 0 Å². The average Bonchev–Trinajstić information content (AvgIpc) is 3.52. The number of nitrogens with one attached hydrogen (secondary N) is 1. The SMILES string of the molecule is CCc1nc2c(-c3ccc(-c4ccc5ccccc5c4-c4cccc(C(=N)/C=C\Cc5ccccc5)c4)cc3)cccc2o1. The van der Waals surface area contributed by atoms with Crippen molar-refractivity contribution in [2.45, 2.75) is 19.8 Å². The monoisotopic (exact) mass is 568 g/mol. The van der Waals surface area contributed by atoms with Gasteiger partial charge in [-0.15, -0.1) is 0 Å². The second-order valence-corrected chi connectivity index (χ2v) is 11.0. The lowest BCUT2D eigenvalue weighted by atomic mass is 9.88. The zero-order valence-electron chi connectivity index (χ0n) is 24.6. The van der Waals surface area contributed by atoms with E-state index in [1.807, 2.05) is 42.5 Å². The van der Waals surface area contributed by atoms with Crippen molar-refractivity contribution in [2.75, 3.05) is 0 Å². The third-order valence-corrected chi connectivity index (χ3v) is 8.14. The van der Waals surface area contributed by atoms with E-state index in [-0.39, 0.29) is 0 Å². The summed E-state index contributed by atoms with van der Waals surface area (Å²) < 4.78 is 5.92. The number of aromatic nitrogens is 1. The quantitative estimate of drug-likeness (QED) is 0.185. The highest BCUT2D eigenvalue weighted by atomic mass is 16.3. The molecule has 0 unspecified atom stereocenters. The first-order valence-corrected chi connectivity index (χ1v) is 15.1. The highest BCUT2D eigenvalue weighted by Gasteiger charge is 2.15. The zero-order valence-corrected chi connectivity index (χ0v) is 24.6. The van der Waals surface area contributed by atoms with Gasteiger partial charge in [0, 0.05) is 12.0 Å². The molecular formula is C41H32N2O. The van der Waals surface area contributed by atoms with Gasteiger partial charge in [-0.3, -0.25) is 0 Å². The van der Waals surface area contributed by atoms with Crippen LogP contribution >= 0.6 is 0 Å². The van der Waals surface area contributed by atoms with Crippen LogP contribution in [0, 0.1) is 5.41 Å². The first kappa shape index (κ1) is 27.3. The molecule has 1 heterocycles. The number of benzene rings is 6. The molecule has 0 amide bonds. The molecule has 0 fully saturated rings. The summed E-state index contributed by atoms with van der Waals surface area (Å²) in [4.78, 5) is 4.74. The van der Waals surface area contributed by atoms with Crippen molar-refractivity contribution in [1.29, 1.82) is 5.41 Å². The smallest absolute Gasteiger partial charge is 0.195 e. The number of nitrogens with zero attached hydrogens (tertiary/aromatic N) is 1. The third-order valence-electron chi connectivity index (χ3n) is 8.14. The Bertz CT molecular complexity index is 2140. The lowest BCUT2D eigenvalue weighted by molar-refractivity contribution is 0.538. The number of allylic oxidation sites excluding steroid dienone is 2. The van der Waals surface area contributed by atoms with E-state index in [0.717, 1.165) is 63.2 Å². The number of rotatable bonds is 8. The Balaban J connectivity index is 1.26. The van der Waals surface area contributed by atoms with Gasteiger partial charge in [0.1, 0.15) is 5.52 Å². The van der Waals surface area contributed by atoms with Gasteiger partial charge in [0.05, 0.1) is 5.71 Å². The standard InChI is InChI=1S/C41H32N2O/c1-2-39-43-41-36(18-10-20-38(41)44-39)31-23-21-30(22-24-31)35-26-25-29-14-6-7-17-34(29)40(35)33-16-9-15-32(27-33)37(42)19-8-13-28-11-4-3-5-12-28/h3-12,14-27,42H,2,13H2,1H3/b19-8-,42-37?. The predicted octanol–water partition coefficient (Wildman–Crippen LogP) is 10.7. The molecule has 0 atom stereocenters. The van der Waals surface area contributed by atoms with E-state index in [1.165, 1.54) is 21.9 Å². The Hall–Kier alpha value is -5.54. The lowest BCUT2D eigenvalue weighted by Gasteiger charge is -2.15. The van der Waals surface area contributed by atoms with E-state index < -0.39 is 0 Å². The highest BCUT2D eigenvalue weighted by Crippen LogP contribution is 2.39. The summed E-state index contributed by atoms with van der Waals surface area (Å²) in [6.45, 7) is 2.06. The molecule has 7 aromatic rings. The molecule has 0 radical (unpaired) electrons. The van der Waals surface area contributed by atoms with Crippen LogP contribution in [0.3, 0.4) is 0 Å². The summed E-state index contributed by atoms with van der Waals surface area (Å²) in [5.74, 6) is 0.756.